The minimum Gasteiger partial charge on any atom is -0.459 e. The lowest BCUT2D eigenvalue weighted by Crippen LogP contribution is -2.28. The van der Waals surface area contributed by atoms with Crippen molar-refractivity contribution < 1.29 is 9.53 Å². The van der Waals surface area contributed by atoms with Gasteiger partial charge in [0.25, 0.3) is 0 Å². The minimum atomic E-state index is -0.443. The lowest BCUT2D eigenvalue weighted by atomic mass is 10.2. The zero-order chi connectivity index (χ0) is 24.0. The van der Waals surface area contributed by atoms with Gasteiger partial charge in [-0.1, -0.05) is 6.07 Å². The van der Waals surface area contributed by atoms with Crippen molar-refractivity contribution in [1.29, 1.82) is 0 Å². The quantitative estimate of drug-likeness (QED) is 0.313. The summed E-state index contributed by atoms with van der Waals surface area (Å²) in [6, 6.07) is 9.39. The topological polar surface area (TPSA) is 140 Å². The van der Waals surface area contributed by atoms with E-state index < -0.39 is 5.97 Å². The van der Waals surface area contributed by atoms with Gasteiger partial charge in [0, 0.05) is 29.5 Å². The molecule has 4 aromatic heterocycles. The number of pyridine rings is 1. The molecule has 35 heavy (non-hydrogen) atoms. The van der Waals surface area contributed by atoms with Crippen LogP contribution in [0.25, 0.3) is 11.5 Å². The molecular weight excluding hydrogens is 466 g/mol. The van der Waals surface area contributed by atoms with Crippen LogP contribution in [0, 0.1) is 6.92 Å². The number of esters is 1. The number of ether oxygens (including phenoxy) is 1. The van der Waals surface area contributed by atoms with Gasteiger partial charge in [-0.2, -0.15) is 4.98 Å². The molecule has 1 saturated heterocycles. The van der Waals surface area contributed by atoms with E-state index in [1.54, 1.807) is 29.9 Å². The lowest BCUT2D eigenvalue weighted by Gasteiger charge is -2.09. The van der Waals surface area contributed by atoms with Crippen LogP contribution < -0.4 is 16.0 Å². The highest BCUT2D eigenvalue weighted by Crippen LogP contribution is 2.22. The molecule has 11 nitrogen and oxygen atoms in total. The molecule has 0 bridgehead atoms. The summed E-state index contributed by atoms with van der Waals surface area (Å²) in [6.45, 7) is 3.23. The number of hydrogen-bond donors (Lipinski definition) is 3. The molecule has 4 aromatic rings. The smallest absolute Gasteiger partial charge is 0.357 e. The zero-order valence-electron chi connectivity index (χ0n) is 18.9. The normalized spacial score (nSPS) is 15.1. The second-order valence-electron chi connectivity index (χ2n) is 7.87. The van der Waals surface area contributed by atoms with E-state index in [0.29, 0.717) is 40.8 Å². The molecule has 1 fully saturated rings. The summed E-state index contributed by atoms with van der Waals surface area (Å²) in [5.41, 5.74) is 1.83. The van der Waals surface area contributed by atoms with Crippen molar-refractivity contribution >= 4 is 40.0 Å². The summed E-state index contributed by atoms with van der Waals surface area (Å²) in [6.07, 6.45) is 5.38. The zero-order valence-corrected chi connectivity index (χ0v) is 19.7. The van der Waals surface area contributed by atoms with Crippen molar-refractivity contribution in [2.75, 3.05) is 23.8 Å². The molecule has 1 aliphatic rings. The first-order valence-corrected chi connectivity index (χ1v) is 12.0. The molecule has 0 unspecified atom stereocenters. The van der Waals surface area contributed by atoms with E-state index in [-0.39, 0.29) is 11.7 Å². The standard InChI is InChI=1S/C23H23N9O2S/c1-14-4-2-6-16(27-14)20-25-10-7-18(30-20)29-19-8-11-26-22(31-19)32-23-28-17(13-35-23)21(33)34-12-15-5-3-9-24-15/h2,4,6-8,10-11,13,15,24H,3,5,9,12H2,1H3,(H2,25,26,28,29,30,31,32)/t15-/m1/s1. The maximum Gasteiger partial charge on any atom is 0.357 e. The molecule has 0 aliphatic carbocycles. The van der Waals surface area contributed by atoms with Crippen LogP contribution in [0.1, 0.15) is 29.0 Å². The summed E-state index contributed by atoms with van der Waals surface area (Å²) in [5.74, 6) is 1.50. The molecular formula is C23H23N9O2S. The summed E-state index contributed by atoms with van der Waals surface area (Å²) < 4.78 is 5.37. The average Bonchev–Trinajstić information content (AvgIpc) is 3.56. The Morgan fingerprint density at radius 1 is 1.09 bits per heavy atom. The molecule has 5 rings (SSSR count). The van der Waals surface area contributed by atoms with Crippen molar-refractivity contribution in [2.45, 2.75) is 25.8 Å². The Hall–Kier alpha value is -4.03. The number of rotatable bonds is 8. The van der Waals surface area contributed by atoms with Crippen LogP contribution >= 0.6 is 11.3 Å². The molecule has 0 amide bonds. The van der Waals surface area contributed by atoms with Crippen molar-refractivity contribution in [3.63, 3.8) is 0 Å². The number of nitrogens with zero attached hydrogens (tertiary/aromatic N) is 6. The van der Waals surface area contributed by atoms with E-state index in [1.165, 1.54) is 11.3 Å². The van der Waals surface area contributed by atoms with E-state index in [1.807, 2.05) is 25.1 Å². The molecule has 12 heteroatoms. The van der Waals surface area contributed by atoms with Gasteiger partial charge in [0.1, 0.15) is 23.9 Å². The van der Waals surface area contributed by atoms with Crippen molar-refractivity contribution in [2.24, 2.45) is 0 Å². The highest BCUT2D eigenvalue weighted by atomic mass is 32.1. The third-order valence-corrected chi connectivity index (χ3v) is 5.95. The number of aryl methyl sites for hydroxylation is 1. The third kappa shape index (κ3) is 5.91. The van der Waals surface area contributed by atoms with Crippen LogP contribution in [0.15, 0.2) is 48.1 Å². The monoisotopic (exact) mass is 489 g/mol. The van der Waals surface area contributed by atoms with Gasteiger partial charge in [-0.15, -0.1) is 11.3 Å². The van der Waals surface area contributed by atoms with Gasteiger partial charge in [-0.05, 0) is 50.6 Å². The van der Waals surface area contributed by atoms with E-state index in [4.69, 9.17) is 4.74 Å². The Morgan fingerprint density at radius 3 is 2.77 bits per heavy atom. The number of anilines is 4. The van der Waals surface area contributed by atoms with Crippen molar-refractivity contribution in [3.05, 3.63) is 59.5 Å². The third-order valence-electron chi connectivity index (χ3n) is 5.19. The lowest BCUT2D eigenvalue weighted by molar-refractivity contribution is 0.0467. The van der Waals surface area contributed by atoms with Crippen LogP contribution in [-0.4, -0.2) is 55.1 Å². The largest absolute Gasteiger partial charge is 0.459 e. The van der Waals surface area contributed by atoms with E-state index in [0.717, 1.165) is 25.1 Å². The number of aromatic nitrogens is 6. The fraction of sp³-hybridized carbons (Fsp3) is 0.261. The summed E-state index contributed by atoms with van der Waals surface area (Å²) in [5, 5.41) is 11.6. The van der Waals surface area contributed by atoms with E-state index in [9.17, 15) is 4.79 Å². The molecule has 0 saturated carbocycles. The molecule has 0 radical (unpaired) electrons. The average molecular weight is 490 g/mol. The maximum atomic E-state index is 12.3. The molecule has 5 heterocycles. The van der Waals surface area contributed by atoms with Gasteiger partial charge < -0.3 is 15.4 Å². The first-order valence-electron chi connectivity index (χ1n) is 11.1. The van der Waals surface area contributed by atoms with Crippen molar-refractivity contribution in [3.8, 4) is 11.5 Å². The number of carbonyl (C=O) groups excluding carboxylic acids is 1. The molecule has 178 valence electrons. The summed E-state index contributed by atoms with van der Waals surface area (Å²) in [4.78, 5) is 38.6. The highest BCUT2D eigenvalue weighted by Gasteiger charge is 2.18. The fourth-order valence-electron chi connectivity index (χ4n) is 3.51. The Labute approximate surface area is 205 Å². The first kappa shape index (κ1) is 22.7. The second-order valence-corrected chi connectivity index (χ2v) is 8.73. The molecule has 0 spiro atoms. The van der Waals surface area contributed by atoms with Crippen LogP contribution in [0.2, 0.25) is 0 Å². The molecule has 3 N–H and O–H groups in total. The van der Waals surface area contributed by atoms with Gasteiger partial charge in [-0.25, -0.2) is 29.7 Å². The SMILES string of the molecule is Cc1cccc(-c2nccc(Nc3ccnc(Nc4nc(C(=O)OC[C@H]5CCCN5)cs4)n3)n2)n1. The maximum absolute atomic E-state index is 12.3. The Kier molecular flexibility index (Phi) is 6.82. The Balaban J connectivity index is 1.22. The van der Waals surface area contributed by atoms with Gasteiger partial charge in [-0.3, -0.25) is 5.32 Å². The molecule has 0 aromatic carbocycles. The Bertz CT molecular complexity index is 1320. The van der Waals surface area contributed by atoms with Crippen LogP contribution in [0.3, 0.4) is 0 Å². The first-order chi connectivity index (χ1) is 17.1. The Morgan fingerprint density at radius 2 is 1.94 bits per heavy atom. The summed E-state index contributed by atoms with van der Waals surface area (Å²) >= 11 is 1.27. The second kappa shape index (κ2) is 10.5. The minimum absolute atomic E-state index is 0.220. The van der Waals surface area contributed by atoms with Gasteiger partial charge >= 0.3 is 5.97 Å². The van der Waals surface area contributed by atoms with Crippen LogP contribution in [0.4, 0.5) is 22.7 Å². The van der Waals surface area contributed by atoms with Gasteiger partial charge in [0.05, 0.1) is 0 Å². The number of thiazole rings is 1. The van der Waals surface area contributed by atoms with Crippen LogP contribution in [-0.2, 0) is 4.74 Å². The molecule has 1 atom stereocenters. The number of nitrogens with one attached hydrogen (secondary N) is 3. The predicted molar refractivity (Wildman–Crippen MR) is 132 cm³/mol. The molecule has 1 aliphatic heterocycles. The number of hydrogen-bond acceptors (Lipinski definition) is 12. The highest BCUT2D eigenvalue weighted by molar-refractivity contribution is 7.14. The van der Waals surface area contributed by atoms with Crippen molar-refractivity contribution in [1.82, 2.24) is 35.2 Å². The van der Waals surface area contributed by atoms with E-state index in [2.05, 4.69) is 45.9 Å². The van der Waals surface area contributed by atoms with E-state index >= 15 is 0 Å². The fourth-order valence-corrected chi connectivity index (χ4v) is 4.18. The summed E-state index contributed by atoms with van der Waals surface area (Å²) in [7, 11) is 0. The van der Waals surface area contributed by atoms with Gasteiger partial charge in [0.15, 0.2) is 16.6 Å². The predicted octanol–water partition coefficient (Wildman–Crippen LogP) is 3.49. The number of carbonyl (C=O) groups is 1. The van der Waals surface area contributed by atoms with Gasteiger partial charge in [0.2, 0.25) is 5.95 Å². The van der Waals surface area contributed by atoms with Crippen LogP contribution in [0.5, 0.6) is 0 Å².